The van der Waals surface area contributed by atoms with Crippen LogP contribution < -0.4 is 5.32 Å². The third-order valence-electron chi connectivity index (χ3n) is 3.63. The molecule has 0 radical (unpaired) electrons. The van der Waals surface area contributed by atoms with Crippen LogP contribution in [0.4, 0.5) is 13.2 Å². The zero-order valence-electron chi connectivity index (χ0n) is 10.7. The van der Waals surface area contributed by atoms with Crippen molar-refractivity contribution >= 4 is 10.9 Å². The van der Waals surface area contributed by atoms with Gasteiger partial charge in [-0.3, -0.25) is 0 Å². The van der Waals surface area contributed by atoms with Crippen molar-refractivity contribution in [1.82, 2.24) is 15.3 Å². The van der Waals surface area contributed by atoms with E-state index in [1.807, 2.05) is 0 Å². The van der Waals surface area contributed by atoms with Gasteiger partial charge in [0.15, 0.2) is 0 Å². The Kier molecular flexibility index (Phi) is 3.33. The van der Waals surface area contributed by atoms with Gasteiger partial charge in [-0.1, -0.05) is 0 Å². The molecule has 6 heteroatoms. The zero-order chi connectivity index (χ0) is 14.2. The standard InChI is InChI=1S/C14H14F3N3/c15-14(16,17)11-1-2-12-10(7-11)8-19-13(20-12)9-3-5-18-6-4-9/h1-2,7-9,18H,3-6H2. The first-order valence-electron chi connectivity index (χ1n) is 6.58. The van der Waals surface area contributed by atoms with Gasteiger partial charge in [-0.05, 0) is 44.1 Å². The van der Waals surface area contributed by atoms with Gasteiger partial charge in [-0.2, -0.15) is 13.2 Å². The van der Waals surface area contributed by atoms with E-state index in [1.165, 1.54) is 12.3 Å². The summed E-state index contributed by atoms with van der Waals surface area (Å²) < 4.78 is 37.9. The molecule has 1 fully saturated rings. The second-order valence-corrected chi connectivity index (χ2v) is 5.02. The van der Waals surface area contributed by atoms with Gasteiger partial charge in [0.05, 0.1) is 11.1 Å². The van der Waals surface area contributed by atoms with E-state index in [4.69, 9.17) is 0 Å². The van der Waals surface area contributed by atoms with Gasteiger partial charge in [-0.25, -0.2) is 9.97 Å². The molecule has 3 rings (SSSR count). The number of rotatable bonds is 1. The lowest BCUT2D eigenvalue weighted by Gasteiger charge is -2.21. The number of benzene rings is 1. The topological polar surface area (TPSA) is 37.8 Å². The highest BCUT2D eigenvalue weighted by atomic mass is 19.4. The highest BCUT2D eigenvalue weighted by Crippen LogP contribution is 2.31. The molecule has 0 unspecified atom stereocenters. The highest BCUT2D eigenvalue weighted by Gasteiger charge is 2.30. The Balaban J connectivity index is 1.96. The Morgan fingerprint density at radius 2 is 1.90 bits per heavy atom. The van der Waals surface area contributed by atoms with E-state index in [0.717, 1.165) is 43.9 Å². The molecule has 106 valence electrons. The predicted molar refractivity (Wildman–Crippen MR) is 69.4 cm³/mol. The molecule has 1 aliphatic heterocycles. The lowest BCUT2D eigenvalue weighted by atomic mass is 9.97. The van der Waals surface area contributed by atoms with Gasteiger partial charge >= 0.3 is 6.18 Å². The van der Waals surface area contributed by atoms with Crippen molar-refractivity contribution in [3.8, 4) is 0 Å². The number of hydrogen-bond donors (Lipinski definition) is 1. The largest absolute Gasteiger partial charge is 0.416 e. The molecule has 1 aromatic heterocycles. The quantitative estimate of drug-likeness (QED) is 0.872. The van der Waals surface area contributed by atoms with Gasteiger partial charge in [0.2, 0.25) is 0 Å². The summed E-state index contributed by atoms with van der Waals surface area (Å²) in [4.78, 5) is 8.66. The maximum atomic E-state index is 12.6. The van der Waals surface area contributed by atoms with E-state index in [0.29, 0.717) is 16.8 Å². The number of alkyl halides is 3. The first-order valence-corrected chi connectivity index (χ1v) is 6.58. The fourth-order valence-corrected chi connectivity index (χ4v) is 2.50. The molecular weight excluding hydrogens is 267 g/mol. The fraction of sp³-hybridized carbons (Fsp3) is 0.429. The van der Waals surface area contributed by atoms with Crippen molar-refractivity contribution in [3.63, 3.8) is 0 Å². The minimum Gasteiger partial charge on any atom is -0.317 e. The molecule has 0 atom stereocenters. The number of piperidine rings is 1. The van der Waals surface area contributed by atoms with Crippen LogP contribution in [-0.2, 0) is 6.18 Å². The molecule has 3 nitrogen and oxygen atoms in total. The van der Waals surface area contributed by atoms with Crippen molar-refractivity contribution in [2.75, 3.05) is 13.1 Å². The third kappa shape index (κ3) is 2.60. The number of nitrogens with one attached hydrogen (secondary N) is 1. The van der Waals surface area contributed by atoms with E-state index in [-0.39, 0.29) is 0 Å². The zero-order valence-corrected chi connectivity index (χ0v) is 10.7. The van der Waals surface area contributed by atoms with Crippen LogP contribution in [0.2, 0.25) is 0 Å². The number of aromatic nitrogens is 2. The molecule has 0 aliphatic carbocycles. The number of halogens is 3. The molecule has 0 bridgehead atoms. The molecule has 1 aliphatic rings. The SMILES string of the molecule is FC(F)(F)c1ccc2nc(C3CCNCC3)ncc2c1. The van der Waals surface area contributed by atoms with E-state index in [2.05, 4.69) is 15.3 Å². The Labute approximate surface area is 114 Å². The second-order valence-electron chi connectivity index (χ2n) is 5.02. The van der Waals surface area contributed by atoms with E-state index in [1.54, 1.807) is 0 Å². The van der Waals surface area contributed by atoms with Gasteiger partial charge in [0.1, 0.15) is 5.82 Å². The van der Waals surface area contributed by atoms with Crippen LogP contribution in [-0.4, -0.2) is 23.1 Å². The van der Waals surface area contributed by atoms with Crippen LogP contribution in [0.5, 0.6) is 0 Å². The molecule has 2 aromatic rings. The minimum absolute atomic E-state index is 0.294. The van der Waals surface area contributed by atoms with Crippen molar-refractivity contribution in [3.05, 3.63) is 35.8 Å². The van der Waals surface area contributed by atoms with Gasteiger partial charge < -0.3 is 5.32 Å². The maximum Gasteiger partial charge on any atom is 0.416 e. The summed E-state index contributed by atoms with van der Waals surface area (Å²) in [5.41, 5.74) is -0.0928. The van der Waals surface area contributed by atoms with Gasteiger partial charge in [0.25, 0.3) is 0 Å². The Morgan fingerprint density at radius 3 is 2.60 bits per heavy atom. The van der Waals surface area contributed by atoms with Crippen molar-refractivity contribution < 1.29 is 13.2 Å². The van der Waals surface area contributed by atoms with Gasteiger partial charge in [-0.15, -0.1) is 0 Å². The fourth-order valence-electron chi connectivity index (χ4n) is 2.50. The predicted octanol–water partition coefficient (Wildman–Crippen LogP) is 3.12. The highest BCUT2D eigenvalue weighted by molar-refractivity contribution is 5.78. The molecular formula is C14H14F3N3. The monoisotopic (exact) mass is 281 g/mol. The summed E-state index contributed by atoms with van der Waals surface area (Å²) in [5, 5.41) is 3.69. The van der Waals surface area contributed by atoms with Crippen LogP contribution in [0.25, 0.3) is 10.9 Å². The normalized spacial score (nSPS) is 17.6. The van der Waals surface area contributed by atoms with Crippen LogP contribution in [0, 0.1) is 0 Å². The van der Waals surface area contributed by atoms with E-state index >= 15 is 0 Å². The number of hydrogen-bond acceptors (Lipinski definition) is 3. The summed E-state index contributed by atoms with van der Waals surface area (Å²) in [6, 6.07) is 3.59. The Morgan fingerprint density at radius 1 is 1.15 bits per heavy atom. The molecule has 0 spiro atoms. The lowest BCUT2D eigenvalue weighted by molar-refractivity contribution is -0.137. The molecule has 1 aromatic carbocycles. The minimum atomic E-state index is -4.33. The summed E-state index contributed by atoms with van der Waals surface area (Å²) in [5.74, 6) is 1.03. The molecule has 20 heavy (non-hydrogen) atoms. The molecule has 0 saturated carbocycles. The van der Waals surface area contributed by atoms with Crippen molar-refractivity contribution in [1.29, 1.82) is 0 Å². The van der Waals surface area contributed by atoms with E-state index < -0.39 is 11.7 Å². The molecule has 2 heterocycles. The van der Waals surface area contributed by atoms with Crippen LogP contribution >= 0.6 is 0 Å². The molecule has 0 amide bonds. The van der Waals surface area contributed by atoms with Crippen molar-refractivity contribution in [2.24, 2.45) is 0 Å². The van der Waals surface area contributed by atoms with Crippen molar-refractivity contribution in [2.45, 2.75) is 24.9 Å². The smallest absolute Gasteiger partial charge is 0.317 e. The summed E-state index contributed by atoms with van der Waals surface area (Å²) in [6.45, 7) is 1.86. The Hall–Kier alpha value is -1.69. The third-order valence-corrected chi connectivity index (χ3v) is 3.63. The Bertz CT molecular complexity index is 619. The van der Waals surface area contributed by atoms with Crippen LogP contribution in [0.3, 0.4) is 0 Å². The van der Waals surface area contributed by atoms with Crippen LogP contribution in [0.1, 0.15) is 30.1 Å². The lowest BCUT2D eigenvalue weighted by Crippen LogP contribution is -2.27. The maximum absolute atomic E-state index is 12.6. The average Bonchev–Trinajstić information content (AvgIpc) is 2.46. The first kappa shape index (κ1) is 13.3. The average molecular weight is 281 g/mol. The van der Waals surface area contributed by atoms with Gasteiger partial charge in [0, 0.05) is 17.5 Å². The second kappa shape index (κ2) is 5.01. The van der Waals surface area contributed by atoms with Crippen LogP contribution in [0.15, 0.2) is 24.4 Å². The summed E-state index contributed by atoms with van der Waals surface area (Å²) in [6.07, 6.45) is -0.908. The summed E-state index contributed by atoms with van der Waals surface area (Å²) in [7, 11) is 0. The molecule has 1 saturated heterocycles. The molecule has 1 N–H and O–H groups in total. The number of fused-ring (bicyclic) bond motifs is 1. The first-order chi connectivity index (χ1) is 9.54. The number of nitrogens with zero attached hydrogens (tertiary/aromatic N) is 2. The van der Waals surface area contributed by atoms with E-state index in [9.17, 15) is 13.2 Å². The summed E-state index contributed by atoms with van der Waals surface area (Å²) >= 11 is 0.